The van der Waals surface area contributed by atoms with Crippen LogP contribution in [0.2, 0.25) is 0 Å². The SMILES string of the molecule is C[C@]12CC[C@@H]3[C@@H](CC(O)C4(Br)CC(O)CC[C@]34C)[C@@H]1CCC2O. The molecule has 4 rings (SSSR count). The summed E-state index contributed by atoms with van der Waals surface area (Å²) in [6.07, 6.45) is 6.77. The van der Waals surface area contributed by atoms with E-state index in [0.717, 1.165) is 44.9 Å². The molecule has 4 heteroatoms. The summed E-state index contributed by atoms with van der Waals surface area (Å²) in [4.78, 5) is 0. The van der Waals surface area contributed by atoms with Crippen LogP contribution >= 0.6 is 15.9 Å². The number of alkyl halides is 1. The Bertz CT molecular complexity index is 499. The molecule has 0 aromatic carbocycles. The molecule has 4 unspecified atom stereocenters. The molecule has 9 atom stereocenters. The van der Waals surface area contributed by atoms with E-state index in [1.165, 1.54) is 0 Å². The van der Waals surface area contributed by atoms with Crippen LogP contribution in [0.4, 0.5) is 0 Å². The molecular weight excluding hydrogens is 356 g/mol. The summed E-state index contributed by atoms with van der Waals surface area (Å²) in [6, 6.07) is 0. The first kappa shape index (κ1) is 16.8. The van der Waals surface area contributed by atoms with E-state index < -0.39 is 6.10 Å². The van der Waals surface area contributed by atoms with Crippen LogP contribution in [0.3, 0.4) is 0 Å². The van der Waals surface area contributed by atoms with Gasteiger partial charge in [0, 0.05) is 0 Å². The quantitative estimate of drug-likeness (QED) is 0.560. The lowest BCUT2D eigenvalue weighted by Gasteiger charge is -2.65. The third-order valence-electron chi connectivity index (χ3n) is 8.71. The van der Waals surface area contributed by atoms with Crippen molar-refractivity contribution < 1.29 is 15.3 Å². The van der Waals surface area contributed by atoms with E-state index in [4.69, 9.17) is 0 Å². The molecule has 23 heavy (non-hydrogen) atoms. The van der Waals surface area contributed by atoms with Gasteiger partial charge in [0.1, 0.15) is 0 Å². The third kappa shape index (κ3) is 2.04. The summed E-state index contributed by atoms with van der Waals surface area (Å²) in [6.45, 7) is 4.63. The second-order valence-corrected chi connectivity index (χ2v) is 10.9. The van der Waals surface area contributed by atoms with Crippen LogP contribution in [-0.4, -0.2) is 38.0 Å². The number of hydrogen-bond donors (Lipinski definition) is 3. The van der Waals surface area contributed by atoms with Crippen molar-refractivity contribution in [3.8, 4) is 0 Å². The van der Waals surface area contributed by atoms with Gasteiger partial charge in [-0.15, -0.1) is 0 Å². The van der Waals surface area contributed by atoms with E-state index in [9.17, 15) is 15.3 Å². The van der Waals surface area contributed by atoms with Gasteiger partial charge in [0.25, 0.3) is 0 Å². The zero-order valence-corrected chi connectivity index (χ0v) is 15.9. The molecule has 0 aromatic heterocycles. The van der Waals surface area contributed by atoms with E-state index in [2.05, 4.69) is 29.8 Å². The normalized spacial score (nSPS) is 62.3. The number of rotatable bonds is 0. The monoisotopic (exact) mass is 386 g/mol. The highest BCUT2D eigenvalue weighted by molar-refractivity contribution is 9.10. The maximum Gasteiger partial charge on any atom is 0.0702 e. The van der Waals surface area contributed by atoms with Gasteiger partial charge in [-0.05, 0) is 80.0 Å². The molecule has 0 amide bonds. The lowest BCUT2D eigenvalue weighted by molar-refractivity contribution is -0.157. The van der Waals surface area contributed by atoms with Crippen molar-refractivity contribution in [2.45, 2.75) is 87.9 Å². The van der Waals surface area contributed by atoms with Gasteiger partial charge in [-0.2, -0.15) is 0 Å². The van der Waals surface area contributed by atoms with Gasteiger partial charge in [0.2, 0.25) is 0 Å². The summed E-state index contributed by atoms with van der Waals surface area (Å²) >= 11 is 3.94. The fourth-order valence-electron chi connectivity index (χ4n) is 7.19. The summed E-state index contributed by atoms with van der Waals surface area (Å²) in [5.74, 6) is 1.67. The van der Waals surface area contributed by atoms with E-state index in [-0.39, 0.29) is 27.4 Å². The Morgan fingerprint density at radius 2 is 1.61 bits per heavy atom. The lowest BCUT2D eigenvalue weighted by Crippen LogP contribution is -2.65. The minimum absolute atomic E-state index is 0.0451. The zero-order valence-electron chi connectivity index (χ0n) is 14.3. The molecule has 0 aliphatic heterocycles. The molecule has 4 aliphatic carbocycles. The smallest absolute Gasteiger partial charge is 0.0702 e. The maximum absolute atomic E-state index is 11.0. The van der Waals surface area contributed by atoms with Crippen molar-refractivity contribution >= 4 is 15.9 Å². The van der Waals surface area contributed by atoms with Crippen molar-refractivity contribution in [1.29, 1.82) is 0 Å². The van der Waals surface area contributed by atoms with Crippen LogP contribution in [0.25, 0.3) is 0 Å². The molecule has 0 bridgehead atoms. The van der Waals surface area contributed by atoms with Gasteiger partial charge in [0.15, 0.2) is 0 Å². The van der Waals surface area contributed by atoms with Gasteiger partial charge in [-0.1, -0.05) is 29.8 Å². The van der Waals surface area contributed by atoms with Gasteiger partial charge < -0.3 is 15.3 Å². The van der Waals surface area contributed by atoms with E-state index in [0.29, 0.717) is 24.2 Å². The highest BCUT2D eigenvalue weighted by Crippen LogP contribution is 2.69. The highest BCUT2D eigenvalue weighted by atomic mass is 79.9. The van der Waals surface area contributed by atoms with E-state index in [1.54, 1.807) is 0 Å². The van der Waals surface area contributed by atoms with Gasteiger partial charge in [0.05, 0.1) is 22.6 Å². The van der Waals surface area contributed by atoms with Gasteiger partial charge in [-0.25, -0.2) is 0 Å². The molecule has 0 heterocycles. The highest BCUT2D eigenvalue weighted by Gasteiger charge is 2.66. The van der Waals surface area contributed by atoms with Crippen molar-refractivity contribution in [3.05, 3.63) is 0 Å². The van der Waals surface area contributed by atoms with Crippen molar-refractivity contribution in [1.82, 2.24) is 0 Å². The largest absolute Gasteiger partial charge is 0.393 e. The second kappa shape index (κ2) is 5.18. The first-order valence-electron chi connectivity index (χ1n) is 9.45. The van der Waals surface area contributed by atoms with Crippen molar-refractivity contribution in [2.24, 2.45) is 28.6 Å². The molecule has 3 N–H and O–H groups in total. The van der Waals surface area contributed by atoms with Crippen molar-refractivity contribution in [3.63, 3.8) is 0 Å². The molecule has 132 valence electrons. The molecular formula is C19H31BrO3. The second-order valence-electron chi connectivity index (χ2n) is 9.44. The van der Waals surface area contributed by atoms with Gasteiger partial charge >= 0.3 is 0 Å². The molecule has 4 fully saturated rings. The van der Waals surface area contributed by atoms with Crippen LogP contribution in [0.15, 0.2) is 0 Å². The fourth-order valence-corrected chi connectivity index (χ4v) is 8.24. The molecule has 0 saturated heterocycles. The summed E-state index contributed by atoms with van der Waals surface area (Å²) in [5.41, 5.74) is 0.0984. The van der Waals surface area contributed by atoms with Crippen LogP contribution in [0, 0.1) is 28.6 Å². The minimum atomic E-state index is -0.399. The number of hydrogen-bond acceptors (Lipinski definition) is 3. The molecule has 4 saturated carbocycles. The van der Waals surface area contributed by atoms with Crippen molar-refractivity contribution in [2.75, 3.05) is 0 Å². The maximum atomic E-state index is 11.0. The predicted octanol–water partition coefficient (Wildman–Crippen LogP) is 3.24. The van der Waals surface area contributed by atoms with Gasteiger partial charge in [-0.3, -0.25) is 0 Å². The molecule has 0 radical (unpaired) electrons. The van der Waals surface area contributed by atoms with Crippen LogP contribution in [0.5, 0.6) is 0 Å². The Kier molecular flexibility index (Phi) is 3.79. The Hall–Kier alpha value is 0.360. The number of aliphatic hydroxyl groups excluding tert-OH is 3. The average Bonchev–Trinajstić information content (AvgIpc) is 2.79. The summed E-state index contributed by atoms with van der Waals surface area (Å²) in [7, 11) is 0. The Labute approximate surface area is 148 Å². The third-order valence-corrected chi connectivity index (χ3v) is 10.5. The van der Waals surface area contributed by atoms with E-state index in [1.807, 2.05) is 0 Å². The number of fused-ring (bicyclic) bond motifs is 5. The lowest BCUT2D eigenvalue weighted by atomic mass is 9.44. The molecule has 0 spiro atoms. The van der Waals surface area contributed by atoms with Crippen LogP contribution in [-0.2, 0) is 0 Å². The Morgan fingerprint density at radius 1 is 0.870 bits per heavy atom. The topological polar surface area (TPSA) is 60.7 Å². The predicted molar refractivity (Wildman–Crippen MR) is 93.3 cm³/mol. The number of halogens is 1. The average molecular weight is 387 g/mol. The van der Waals surface area contributed by atoms with Crippen LogP contribution < -0.4 is 0 Å². The molecule has 3 nitrogen and oxygen atoms in total. The standard InChI is InChI=1S/C19H31BrO3/c1-17-7-6-14-12(13(17)3-4-15(17)22)9-16(23)19(20)10-11(21)5-8-18(14,19)2/h11-16,21-23H,3-10H2,1-2H3/t11?,12-,13-,14+,15?,16?,17-,18+,19?/m0/s1. The first-order chi connectivity index (χ1) is 10.7. The first-order valence-corrected chi connectivity index (χ1v) is 10.2. The molecule has 4 aliphatic rings. The summed E-state index contributed by atoms with van der Waals surface area (Å²) in [5, 5.41) is 31.7. The van der Waals surface area contributed by atoms with E-state index >= 15 is 0 Å². The Balaban J connectivity index is 1.71. The Morgan fingerprint density at radius 3 is 2.35 bits per heavy atom. The number of aliphatic hydroxyl groups is 3. The van der Waals surface area contributed by atoms with Crippen LogP contribution in [0.1, 0.15) is 65.2 Å². The molecule has 0 aromatic rings. The zero-order chi connectivity index (χ0) is 16.6. The minimum Gasteiger partial charge on any atom is -0.393 e. The summed E-state index contributed by atoms with van der Waals surface area (Å²) < 4.78 is -0.343. The fraction of sp³-hybridized carbons (Fsp3) is 1.00.